The Kier molecular flexibility index (Phi) is 4.78. The fraction of sp³-hybridized carbons (Fsp3) is 0.529. The molecule has 1 N–H and O–H groups in total. The number of benzene rings is 1. The highest BCUT2D eigenvalue weighted by Crippen LogP contribution is 2.29. The van der Waals surface area contributed by atoms with Crippen LogP contribution in [-0.4, -0.2) is 25.0 Å². The fourth-order valence-corrected chi connectivity index (χ4v) is 2.46. The second kappa shape index (κ2) is 6.39. The second-order valence-corrected chi connectivity index (χ2v) is 6.54. The first-order chi connectivity index (χ1) is 9.89. The van der Waals surface area contributed by atoms with E-state index in [4.69, 9.17) is 4.74 Å². The molecule has 1 aliphatic heterocycles. The summed E-state index contributed by atoms with van der Waals surface area (Å²) in [4.78, 5) is 24.2. The lowest BCUT2D eigenvalue weighted by atomic mass is 9.87. The van der Waals surface area contributed by atoms with Gasteiger partial charge >= 0.3 is 11.9 Å². The minimum Gasteiger partial charge on any atom is -0.389 e. The highest BCUT2D eigenvalue weighted by Gasteiger charge is 2.28. The van der Waals surface area contributed by atoms with Gasteiger partial charge in [-0.15, -0.1) is 0 Å². The number of hydrogen-bond acceptors (Lipinski definition) is 4. The Labute approximate surface area is 125 Å². The van der Waals surface area contributed by atoms with Crippen molar-refractivity contribution in [2.45, 2.75) is 39.5 Å². The van der Waals surface area contributed by atoms with Crippen molar-refractivity contribution in [1.29, 1.82) is 0 Å². The number of carbonyl (C=O) groups is 2. The van der Waals surface area contributed by atoms with E-state index in [0.717, 1.165) is 31.5 Å². The zero-order valence-corrected chi connectivity index (χ0v) is 12.9. The monoisotopic (exact) mass is 289 g/mol. The summed E-state index contributed by atoms with van der Waals surface area (Å²) in [7, 11) is 0. The van der Waals surface area contributed by atoms with Crippen molar-refractivity contribution in [2.75, 3.05) is 13.1 Å². The molecule has 1 heterocycles. The number of ether oxygens (including phenoxy) is 1. The molecule has 0 atom stereocenters. The van der Waals surface area contributed by atoms with Gasteiger partial charge in [0.05, 0.1) is 11.0 Å². The summed E-state index contributed by atoms with van der Waals surface area (Å²) in [6.07, 6.45) is 2.00. The first-order valence-corrected chi connectivity index (χ1v) is 7.46. The van der Waals surface area contributed by atoms with Crippen molar-refractivity contribution >= 4 is 11.9 Å². The molecule has 1 aromatic carbocycles. The standard InChI is InChI=1S/C17H23NO3/c1-17(2,3)16(20)21-15(19)14-7-5-4-6-13(14)12-8-10-18-11-9-12/h4-7,12,18H,8-11H2,1-3H3. The topological polar surface area (TPSA) is 55.4 Å². The average molecular weight is 289 g/mol. The molecule has 1 fully saturated rings. The van der Waals surface area contributed by atoms with Crippen LogP contribution < -0.4 is 5.32 Å². The van der Waals surface area contributed by atoms with Gasteiger partial charge in [0.1, 0.15) is 0 Å². The lowest BCUT2D eigenvalue weighted by Gasteiger charge is -2.24. The summed E-state index contributed by atoms with van der Waals surface area (Å²) in [6.45, 7) is 7.12. The molecule has 21 heavy (non-hydrogen) atoms. The number of carbonyl (C=O) groups excluding carboxylic acids is 2. The molecule has 0 unspecified atom stereocenters. The van der Waals surface area contributed by atoms with E-state index in [-0.39, 0.29) is 0 Å². The smallest absolute Gasteiger partial charge is 0.346 e. The van der Waals surface area contributed by atoms with Gasteiger partial charge in [0, 0.05) is 0 Å². The van der Waals surface area contributed by atoms with Gasteiger partial charge in [0.15, 0.2) is 0 Å². The highest BCUT2D eigenvalue weighted by molar-refractivity contribution is 5.99. The van der Waals surface area contributed by atoms with Crippen LogP contribution in [-0.2, 0) is 9.53 Å². The Morgan fingerprint density at radius 3 is 2.38 bits per heavy atom. The predicted octanol–water partition coefficient (Wildman–Crippen LogP) is 2.88. The van der Waals surface area contributed by atoms with Crippen molar-refractivity contribution in [3.63, 3.8) is 0 Å². The molecule has 1 saturated heterocycles. The molecule has 0 aliphatic carbocycles. The van der Waals surface area contributed by atoms with Crippen LogP contribution in [0.5, 0.6) is 0 Å². The fourth-order valence-electron chi connectivity index (χ4n) is 2.46. The Hall–Kier alpha value is -1.68. The lowest BCUT2D eigenvalue weighted by molar-refractivity contribution is -0.146. The van der Waals surface area contributed by atoms with E-state index < -0.39 is 17.4 Å². The van der Waals surface area contributed by atoms with Crippen molar-refractivity contribution in [2.24, 2.45) is 5.41 Å². The molecule has 0 saturated carbocycles. The van der Waals surface area contributed by atoms with E-state index >= 15 is 0 Å². The summed E-state index contributed by atoms with van der Waals surface area (Å²) in [5.41, 5.74) is 0.826. The molecule has 1 aromatic rings. The quantitative estimate of drug-likeness (QED) is 0.672. The summed E-state index contributed by atoms with van der Waals surface area (Å²) < 4.78 is 5.04. The molecule has 1 aliphatic rings. The summed E-state index contributed by atoms with van der Waals surface area (Å²) in [6, 6.07) is 7.45. The molecule has 4 heteroatoms. The molecule has 4 nitrogen and oxygen atoms in total. The van der Waals surface area contributed by atoms with E-state index in [9.17, 15) is 9.59 Å². The molecule has 0 spiro atoms. The van der Waals surface area contributed by atoms with Gasteiger partial charge < -0.3 is 10.1 Å². The van der Waals surface area contributed by atoms with E-state index in [1.165, 1.54) is 0 Å². The van der Waals surface area contributed by atoms with Gasteiger partial charge in [-0.1, -0.05) is 18.2 Å². The zero-order valence-electron chi connectivity index (χ0n) is 12.9. The number of rotatable bonds is 2. The SMILES string of the molecule is CC(C)(C)C(=O)OC(=O)c1ccccc1C1CCNCC1. The maximum atomic E-state index is 12.3. The number of piperidine rings is 1. The molecular weight excluding hydrogens is 266 g/mol. The van der Waals surface area contributed by atoms with Crippen molar-refractivity contribution < 1.29 is 14.3 Å². The van der Waals surface area contributed by atoms with Crippen LogP contribution >= 0.6 is 0 Å². The Morgan fingerprint density at radius 2 is 1.76 bits per heavy atom. The van der Waals surface area contributed by atoms with E-state index in [2.05, 4.69) is 5.32 Å². The molecule has 0 radical (unpaired) electrons. The van der Waals surface area contributed by atoms with Gasteiger partial charge in [-0.05, 0) is 64.3 Å². The van der Waals surface area contributed by atoms with Crippen LogP contribution in [0, 0.1) is 5.41 Å². The largest absolute Gasteiger partial charge is 0.389 e. The predicted molar refractivity (Wildman–Crippen MR) is 81.2 cm³/mol. The van der Waals surface area contributed by atoms with Crippen LogP contribution in [0.15, 0.2) is 24.3 Å². The molecule has 0 aromatic heterocycles. The lowest BCUT2D eigenvalue weighted by Crippen LogP contribution is -2.29. The molecule has 0 amide bonds. The van der Waals surface area contributed by atoms with Crippen molar-refractivity contribution in [1.82, 2.24) is 5.32 Å². The summed E-state index contributed by atoms with van der Waals surface area (Å²) in [5.74, 6) is -0.684. The molecule has 0 bridgehead atoms. The van der Waals surface area contributed by atoms with E-state index in [1.807, 2.05) is 18.2 Å². The van der Waals surface area contributed by atoms with Crippen LogP contribution in [0.4, 0.5) is 0 Å². The van der Waals surface area contributed by atoms with Gasteiger partial charge in [-0.25, -0.2) is 4.79 Å². The van der Waals surface area contributed by atoms with Crippen molar-refractivity contribution in [3.05, 3.63) is 35.4 Å². The van der Waals surface area contributed by atoms with Gasteiger partial charge in [-0.2, -0.15) is 0 Å². The van der Waals surface area contributed by atoms with Crippen LogP contribution in [0.2, 0.25) is 0 Å². The van der Waals surface area contributed by atoms with Crippen LogP contribution in [0.25, 0.3) is 0 Å². The molecular formula is C17H23NO3. The van der Waals surface area contributed by atoms with Gasteiger partial charge in [0.2, 0.25) is 0 Å². The first-order valence-electron chi connectivity index (χ1n) is 7.46. The van der Waals surface area contributed by atoms with Crippen LogP contribution in [0.1, 0.15) is 55.5 Å². The third kappa shape index (κ3) is 3.91. The minimum atomic E-state index is -0.681. The third-order valence-corrected chi connectivity index (χ3v) is 3.76. The van der Waals surface area contributed by atoms with Gasteiger partial charge in [-0.3, -0.25) is 4.79 Å². The highest BCUT2D eigenvalue weighted by atomic mass is 16.6. The zero-order chi connectivity index (χ0) is 15.5. The average Bonchev–Trinajstić information content (AvgIpc) is 2.47. The maximum Gasteiger partial charge on any atom is 0.346 e. The molecule has 114 valence electrons. The first kappa shape index (κ1) is 15.7. The second-order valence-electron chi connectivity index (χ2n) is 6.54. The number of esters is 2. The van der Waals surface area contributed by atoms with E-state index in [1.54, 1.807) is 26.8 Å². The molecule has 2 rings (SSSR count). The number of nitrogens with one attached hydrogen (secondary N) is 1. The van der Waals surface area contributed by atoms with Gasteiger partial charge in [0.25, 0.3) is 0 Å². The maximum absolute atomic E-state index is 12.3. The summed E-state index contributed by atoms with van der Waals surface area (Å²) >= 11 is 0. The summed E-state index contributed by atoms with van der Waals surface area (Å²) in [5, 5.41) is 3.31. The number of hydrogen-bond donors (Lipinski definition) is 1. The minimum absolute atomic E-state index is 0.347. The Bertz CT molecular complexity index is 525. The van der Waals surface area contributed by atoms with E-state index in [0.29, 0.717) is 11.5 Å². The van der Waals surface area contributed by atoms with Crippen LogP contribution in [0.3, 0.4) is 0 Å². The van der Waals surface area contributed by atoms with Crippen molar-refractivity contribution in [3.8, 4) is 0 Å². The normalized spacial score (nSPS) is 16.5. The third-order valence-electron chi connectivity index (χ3n) is 3.76. The Morgan fingerprint density at radius 1 is 1.14 bits per heavy atom. The Balaban J connectivity index is 2.19.